The fraction of sp³-hybridized carbons (Fsp3) is 0.333. The molecule has 1 atom stereocenters. The summed E-state index contributed by atoms with van der Waals surface area (Å²) in [5, 5.41) is 12.0. The highest BCUT2D eigenvalue weighted by molar-refractivity contribution is 6.67. The van der Waals surface area contributed by atoms with Crippen LogP contribution in [-0.4, -0.2) is 27.6 Å². The normalized spacial score (nSPS) is 14.1. The van der Waals surface area contributed by atoms with Crippen molar-refractivity contribution in [3.8, 4) is 0 Å². The van der Waals surface area contributed by atoms with E-state index in [0.29, 0.717) is 10.6 Å². The van der Waals surface area contributed by atoms with E-state index >= 15 is 0 Å². The zero-order valence-corrected chi connectivity index (χ0v) is 13.7. The lowest BCUT2D eigenvalue weighted by molar-refractivity contribution is -0.144. The number of carbonyl (C=O) groups is 2. The number of halogens is 4. The smallest absolute Gasteiger partial charge is 0.408 e. The summed E-state index contributed by atoms with van der Waals surface area (Å²) in [6.45, 7) is 0.787. The molecule has 116 valence electrons. The van der Waals surface area contributed by atoms with Gasteiger partial charge in [0.05, 0.1) is 0 Å². The average molecular weight is 375 g/mol. The van der Waals surface area contributed by atoms with Crippen molar-refractivity contribution in [1.29, 1.82) is 0 Å². The van der Waals surface area contributed by atoms with E-state index < -0.39 is 28.0 Å². The first-order valence-corrected chi connectivity index (χ1v) is 7.07. The number of hydrogen-bond acceptors (Lipinski definition) is 3. The SMILES string of the molecule is C[C@@](NC(=O)OCC(Cl)(Cl)Cl)(C(=O)O)c1ccc(Cl)cc1. The third-order valence-corrected chi connectivity index (χ3v) is 3.15. The Kier molecular flexibility index (Phi) is 5.99. The van der Waals surface area contributed by atoms with Crippen LogP contribution in [0.3, 0.4) is 0 Å². The van der Waals surface area contributed by atoms with E-state index in [2.05, 4.69) is 10.1 Å². The number of amides is 1. The minimum atomic E-state index is -1.78. The van der Waals surface area contributed by atoms with Gasteiger partial charge in [-0.1, -0.05) is 58.5 Å². The van der Waals surface area contributed by atoms with Crippen LogP contribution < -0.4 is 5.32 Å². The summed E-state index contributed by atoms with van der Waals surface area (Å²) in [5.41, 5.74) is -1.40. The average Bonchev–Trinajstić information content (AvgIpc) is 2.36. The molecular formula is C12H11Cl4NO4. The van der Waals surface area contributed by atoms with Crippen molar-refractivity contribution < 1.29 is 19.4 Å². The van der Waals surface area contributed by atoms with Gasteiger partial charge in [0, 0.05) is 5.02 Å². The molecule has 0 aromatic heterocycles. The molecule has 1 amide bonds. The molecule has 0 radical (unpaired) electrons. The predicted octanol–water partition coefficient (Wildman–Crippen LogP) is 3.74. The number of benzene rings is 1. The van der Waals surface area contributed by atoms with Crippen molar-refractivity contribution in [2.75, 3.05) is 6.61 Å². The van der Waals surface area contributed by atoms with Crippen LogP contribution in [-0.2, 0) is 15.1 Å². The summed E-state index contributed by atoms with van der Waals surface area (Å²) in [4.78, 5) is 23.1. The Labute approximate surface area is 141 Å². The second-order valence-electron chi connectivity index (χ2n) is 4.25. The van der Waals surface area contributed by atoms with Gasteiger partial charge in [-0.3, -0.25) is 0 Å². The van der Waals surface area contributed by atoms with Gasteiger partial charge in [0.25, 0.3) is 0 Å². The van der Waals surface area contributed by atoms with Crippen LogP contribution in [0.5, 0.6) is 0 Å². The molecule has 1 rings (SSSR count). The van der Waals surface area contributed by atoms with E-state index in [0.717, 1.165) is 0 Å². The van der Waals surface area contributed by atoms with E-state index in [-0.39, 0.29) is 0 Å². The van der Waals surface area contributed by atoms with Crippen molar-refractivity contribution in [3.05, 3.63) is 34.9 Å². The lowest BCUT2D eigenvalue weighted by Gasteiger charge is -2.26. The Hall–Kier alpha value is -0.880. The summed E-state index contributed by atoms with van der Waals surface area (Å²) < 4.78 is 2.88. The number of alkyl halides is 3. The number of aliphatic carboxylic acids is 1. The fourth-order valence-corrected chi connectivity index (χ4v) is 1.71. The molecule has 0 aliphatic heterocycles. The highest BCUT2D eigenvalue weighted by Gasteiger charge is 2.38. The van der Waals surface area contributed by atoms with Crippen molar-refractivity contribution in [2.24, 2.45) is 0 Å². The molecule has 0 fully saturated rings. The maximum atomic E-state index is 11.7. The van der Waals surface area contributed by atoms with Crippen molar-refractivity contribution in [1.82, 2.24) is 5.32 Å². The highest BCUT2D eigenvalue weighted by atomic mass is 35.6. The van der Waals surface area contributed by atoms with Crippen LogP contribution in [0, 0.1) is 0 Å². The molecule has 0 saturated carbocycles. The first-order valence-electron chi connectivity index (χ1n) is 5.56. The van der Waals surface area contributed by atoms with Crippen LogP contribution in [0.25, 0.3) is 0 Å². The largest absolute Gasteiger partial charge is 0.479 e. The van der Waals surface area contributed by atoms with E-state index in [4.69, 9.17) is 46.4 Å². The fourth-order valence-electron chi connectivity index (χ4n) is 1.42. The number of hydrogen-bond donors (Lipinski definition) is 2. The quantitative estimate of drug-likeness (QED) is 0.787. The highest BCUT2D eigenvalue weighted by Crippen LogP contribution is 2.27. The molecule has 1 aromatic carbocycles. The Bertz CT molecular complexity index is 529. The van der Waals surface area contributed by atoms with Gasteiger partial charge in [-0.15, -0.1) is 0 Å². The van der Waals surface area contributed by atoms with Gasteiger partial charge >= 0.3 is 12.1 Å². The van der Waals surface area contributed by atoms with Gasteiger partial charge in [-0.05, 0) is 24.6 Å². The number of rotatable bonds is 4. The van der Waals surface area contributed by atoms with Crippen LogP contribution >= 0.6 is 46.4 Å². The zero-order chi connectivity index (χ0) is 16.3. The van der Waals surface area contributed by atoms with E-state index in [1.54, 1.807) is 0 Å². The molecule has 2 N–H and O–H groups in total. The third-order valence-electron chi connectivity index (χ3n) is 2.57. The second kappa shape index (κ2) is 6.92. The molecule has 0 bridgehead atoms. The lowest BCUT2D eigenvalue weighted by Crippen LogP contribution is -2.50. The summed E-state index contributed by atoms with van der Waals surface area (Å²) in [5.74, 6) is -1.28. The number of nitrogens with one attached hydrogen (secondary N) is 1. The molecule has 21 heavy (non-hydrogen) atoms. The van der Waals surface area contributed by atoms with E-state index in [1.165, 1.54) is 31.2 Å². The molecule has 5 nitrogen and oxygen atoms in total. The van der Waals surface area contributed by atoms with Crippen molar-refractivity contribution in [2.45, 2.75) is 16.3 Å². The summed E-state index contributed by atoms with van der Waals surface area (Å²) in [6, 6.07) is 5.97. The molecule has 0 aliphatic rings. The van der Waals surface area contributed by atoms with Crippen molar-refractivity contribution in [3.63, 3.8) is 0 Å². The summed E-state index contributed by atoms with van der Waals surface area (Å²) in [7, 11) is 0. The van der Waals surface area contributed by atoms with Gasteiger partial charge in [-0.2, -0.15) is 0 Å². The van der Waals surface area contributed by atoms with Gasteiger partial charge in [-0.25, -0.2) is 9.59 Å². The molecule has 0 aliphatic carbocycles. The van der Waals surface area contributed by atoms with Gasteiger partial charge in [0.2, 0.25) is 3.79 Å². The minimum Gasteiger partial charge on any atom is -0.479 e. The molecule has 0 unspecified atom stereocenters. The Morgan fingerprint density at radius 2 is 1.76 bits per heavy atom. The van der Waals surface area contributed by atoms with Crippen LogP contribution in [0.1, 0.15) is 12.5 Å². The summed E-state index contributed by atoms with van der Waals surface area (Å²) in [6.07, 6.45) is -1.03. The number of carboxylic acids is 1. The van der Waals surface area contributed by atoms with E-state index in [1.807, 2.05) is 0 Å². The number of alkyl carbamates (subject to hydrolysis) is 1. The Balaban J connectivity index is 2.89. The Morgan fingerprint density at radius 3 is 2.19 bits per heavy atom. The zero-order valence-electron chi connectivity index (χ0n) is 10.7. The van der Waals surface area contributed by atoms with Crippen LogP contribution in [0.15, 0.2) is 24.3 Å². The van der Waals surface area contributed by atoms with Gasteiger partial charge < -0.3 is 15.2 Å². The molecule has 0 spiro atoms. The Morgan fingerprint density at radius 1 is 1.24 bits per heavy atom. The monoisotopic (exact) mass is 373 g/mol. The van der Waals surface area contributed by atoms with Gasteiger partial charge in [0.1, 0.15) is 6.61 Å². The number of ether oxygens (including phenoxy) is 1. The third kappa shape index (κ3) is 5.43. The van der Waals surface area contributed by atoms with Crippen LogP contribution in [0.2, 0.25) is 5.02 Å². The lowest BCUT2D eigenvalue weighted by atomic mass is 9.92. The molecular weight excluding hydrogens is 364 g/mol. The first-order chi connectivity index (χ1) is 9.54. The van der Waals surface area contributed by atoms with Gasteiger partial charge in [0.15, 0.2) is 5.54 Å². The standard InChI is InChI=1S/C12H11Cl4NO4/c1-11(9(18)19,7-2-4-8(13)5-3-7)17-10(20)21-6-12(14,15)16/h2-5H,6H2,1H3,(H,17,20)(H,18,19)/t11-/m0/s1. The topological polar surface area (TPSA) is 75.6 Å². The molecule has 0 heterocycles. The summed E-state index contributed by atoms with van der Waals surface area (Å²) >= 11 is 22.1. The maximum Gasteiger partial charge on any atom is 0.408 e. The van der Waals surface area contributed by atoms with E-state index in [9.17, 15) is 14.7 Å². The van der Waals surface area contributed by atoms with Crippen molar-refractivity contribution >= 4 is 58.5 Å². The predicted molar refractivity (Wildman–Crippen MR) is 81.2 cm³/mol. The number of carboxylic acid groups (broad SMARTS) is 1. The second-order valence-corrected chi connectivity index (χ2v) is 7.21. The maximum absolute atomic E-state index is 11.7. The molecule has 0 saturated heterocycles. The minimum absolute atomic E-state index is 0.310. The first kappa shape index (κ1) is 18.2. The molecule has 9 heteroatoms. The van der Waals surface area contributed by atoms with Crippen LogP contribution in [0.4, 0.5) is 4.79 Å². The number of carbonyl (C=O) groups excluding carboxylic acids is 1. The molecule has 1 aromatic rings.